The van der Waals surface area contributed by atoms with Gasteiger partial charge in [0.25, 0.3) is 0 Å². The van der Waals surface area contributed by atoms with Crippen molar-refractivity contribution in [1.82, 2.24) is 10.2 Å². The number of hydrogen-bond donors (Lipinski definition) is 1. The van der Waals surface area contributed by atoms with Crippen molar-refractivity contribution in [3.8, 4) is 0 Å². The molecule has 0 unspecified atom stereocenters. The number of ether oxygens (including phenoxy) is 1. The van der Waals surface area contributed by atoms with Gasteiger partial charge in [0.2, 0.25) is 0 Å². The van der Waals surface area contributed by atoms with Crippen LogP contribution in [0.2, 0.25) is 0 Å². The fourth-order valence-electron chi connectivity index (χ4n) is 1.42. The number of carbonyl (C=O) groups excluding carboxylic acids is 1. The second-order valence-corrected chi connectivity index (χ2v) is 4.54. The van der Waals surface area contributed by atoms with Gasteiger partial charge in [0, 0.05) is 11.1 Å². The predicted octanol–water partition coefficient (Wildman–Crippen LogP) is 2.19. The molecule has 4 heteroatoms. The van der Waals surface area contributed by atoms with Crippen molar-refractivity contribution in [2.75, 3.05) is 6.61 Å². The molecular formula is C11H18N2O2. The third kappa shape index (κ3) is 2.37. The largest absolute Gasteiger partial charge is 0.462 e. The van der Waals surface area contributed by atoms with Crippen LogP contribution in [0.25, 0.3) is 0 Å². The van der Waals surface area contributed by atoms with E-state index in [0.717, 1.165) is 11.4 Å². The van der Waals surface area contributed by atoms with E-state index < -0.39 is 0 Å². The van der Waals surface area contributed by atoms with Gasteiger partial charge in [0.05, 0.1) is 12.3 Å². The summed E-state index contributed by atoms with van der Waals surface area (Å²) >= 11 is 0. The molecule has 1 rings (SSSR count). The second kappa shape index (κ2) is 4.04. The first-order valence-corrected chi connectivity index (χ1v) is 5.10. The summed E-state index contributed by atoms with van der Waals surface area (Å²) in [5, 5.41) is 7.00. The van der Waals surface area contributed by atoms with Crippen LogP contribution < -0.4 is 0 Å². The van der Waals surface area contributed by atoms with Crippen LogP contribution in [-0.4, -0.2) is 22.8 Å². The maximum atomic E-state index is 11.7. The summed E-state index contributed by atoms with van der Waals surface area (Å²) in [6.45, 7) is 10.1. The Hall–Kier alpha value is -1.32. The van der Waals surface area contributed by atoms with Crippen LogP contribution in [0.4, 0.5) is 0 Å². The first-order valence-electron chi connectivity index (χ1n) is 5.10. The Bertz CT molecular complexity index is 361. The van der Waals surface area contributed by atoms with E-state index in [1.807, 2.05) is 27.7 Å². The summed E-state index contributed by atoms with van der Waals surface area (Å²) in [5.74, 6) is -0.298. The average molecular weight is 210 g/mol. The molecule has 1 heterocycles. The van der Waals surface area contributed by atoms with E-state index in [2.05, 4.69) is 10.2 Å². The van der Waals surface area contributed by atoms with Gasteiger partial charge in [0.1, 0.15) is 5.56 Å². The molecule has 0 aliphatic rings. The fraction of sp³-hybridized carbons (Fsp3) is 0.636. The van der Waals surface area contributed by atoms with Crippen LogP contribution in [0.3, 0.4) is 0 Å². The van der Waals surface area contributed by atoms with Crippen molar-refractivity contribution in [3.63, 3.8) is 0 Å². The van der Waals surface area contributed by atoms with Crippen molar-refractivity contribution >= 4 is 5.97 Å². The van der Waals surface area contributed by atoms with E-state index in [0.29, 0.717) is 12.2 Å². The zero-order valence-corrected chi connectivity index (χ0v) is 9.97. The topological polar surface area (TPSA) is 55.0 Å². The lowest BCUT2D eigenvalue weighted by molar-refractivity contribution is 0.0522. The number of aryl methyl sites for hydroxylation is 1. The number of aromatic nitrogens is 2. The molecule has 15 heavy (non-hydrogen) atoms. The molecule has 0 saturated carbocycles. The lowest BCUT2D eigenvalue weighted by Gasteiger charge is -2.16. The lowest BCUT2D eigenvalue weighted by Crippen LogP contribution is -2.18. The molecule has 0 aliphatic heterocycles. The molecule has 0 fully saturated rings. The molecule has 0 saturated heterocycles. The average Bonchev–Trinajstić information content (AvgIpc) is 2.46. The van der Waals surface area contributed by atoms with E-state index in [1.165, 1.54) is 0 Å². The number of H-pyrrole nitrogens is 1. The highest BCUT2D eigenvalue weighted by Gasteiger charge is 2.27. The van der Waals surface area contributed by atoms with Crippen molar-refractivity contribution in [2.45, 2.75) is 40.0 Å². The van der Waals surface area contributed by atoms with Gasteiger partial charge in [-0.05, 0) is 13.8 Å². The van der Waals surface area contributed by atoms with Crippen LogP contribution in [-0.2, 0) is 10.2 Å². The van der Waals surface area contributed by atoms with Crippen molar-refractivity contribution < 1.29 is 9.53 Å². The molecule has 0 spiro atoms. The van der Waals surface area contributed by atoms with E-state index in [4.69, 9.17) is 4.74 Å². The third-order valence-electron chi connectivity index (χ3n) is 2.14. The Morgan fingerprint density at radius 3 is 2.53 bits per heavy atom. The monoisotopic (exact) mass is 210 g/mol. The van der Waals surface area contributed by atoms with E-state index >= 15 is 0 Å². The summed E-state index contributed by atoms with van der Waals surface area (Å²) in [7, 11) is 0. The second-order valence-electron chi connectivity index (χ2n) is 4.54. The Kier molecular flexibility index (Phi) is 3.17. The fourth-order valence-corrected chi connectivity index (χ4v) is 1.42. The number of esters is 1. The number of aromatic amines is 1. The molecule has 0 aromatic carbocycles. The molecular weight excluding hydrogens is 192 g/mol. The normalized spacial score (nSPS) is 11.5. The molecule has 1 N–H and O–H groups in total. The van der Waals surface area contributed by atoms with Gasteiger partial charge in [-0.3, -0.25) is 5.10 Å². The minimum Gasteiger partial charge on any atom is -0.462 e. The van der Waals surface area contributed by atoms with Gasteiger partial charge in [-0.1, -0.05) is 20.8 Å². The first-order chi connectivity index (χ1) is 6.88. The summed E-state index contributed by atoms with van der Waals surface area (Å²) in [4.78, 5) is 11.7. The van der Waals surface area contributed by atoms with Crippen LogP contribution >= 0.6 is 0 Å². The Labute approximate surface area is 90.0 Å². The SMILES string of the molecule is CCOC(=O)c1c(C(C)(C)C)n[nH]c1C. The van der Waals surface area contributed by atoms with Gasteiger partial charge < -0.3 is 4.74 Å². The maximum absolute atomic E-state index is 11.7. The summed E-state index contributed by atoms with van der Waals surface area (Å²) in [6, 6.07) is 0. The molecule has 1 aromatic rings. The van der Waals surface area contributed by atoms with Gasteiger partial charge >= 0.3 is 5.97 Å². The molecule has 0 atom stereocenters. The minimum absolute atomic E-state index is 0.160. The number of rotatable bonds is 2. The Morgan fingerprint density at radius 1 is 1.47 bits per heavy atom. The highest BCUT2D eigenvalue weighted by Crippen LogP contribution is 2.25. The Morgan fingerprint density at radius 2 is 2.07 bits per heavy atom. The summed E-state index contributed by atoms with van der Waals surface area (Å²) < 4.78 is 5.00. The summed E-state index contributed by atoms with van der Waals surface area (Å²) in [6.07, 6.45) is 0. The minimum atomic E-state index is -0.298. The van der Waals surface area contributed by atoms with Gasteiger partial charge in [-0.25, -0.2) is 4.79 Å². The smallest absolute Gasteiger partial charge is 0.341 e. The highest BCUT2D eigenvalue weighted by atomic mass is 16.5. The van der Waals surface area contributed by atoms with Gasteiger partial charge in [-0.15, -0.1) is 0 Å². The first kappa shape index (κ1) is 11.8. The van der Waals surface area contributed by atoms with Gasteiger partial charge in [-0.2, -0.15) is 5.10 Å². The number of hydrogen-bond acceptors (Lipinski definition) is 3. The quantitative estimate of drug-likeness (QED) is 0.761. The predicted molar refractivity (Wildman–Crippen MR) is 58.0 cm³/mol. The number of nitrogens with zero attached hydrogens (tertiary/aromatic N) is 1. The zero-order chi connectivity index (χ0) is 11.6. The van der Waals surface area contributed by atoms with E-state index in [-0.39, 0.29) is 11.4 Å². The molecule has 0 aliphatic carbocycles. The standard InChI is InChI=1S/C11H18N2O2/c1-6-15-10(14)8-7(2)12-13-9(8)11(3,4)5/h6H2,1-5H3,(H,12,13). The van der Waals surface area contributed by atoms with Crippen LogP contribution in [0, 0.1) is 6.92 Å². The molecule has 0 amide bonds. The Balaban J connectivity index is 3.16. The van der Waals surface area contributed by atoms with Crippen LogP contribution in [0.5, 0.6) is 0 Å². The van der Waals surface area contributed by atoms with Crippen molar-refractivity contribution in [2.24, 2.45) is 0 Å². The van der Waals surface area contributed by atoms with Gasteiger partial charge in [0.15, 0.2) is 0 Å². The van der Waals surface area contributed by atoms with E-state index in [1.54, 1.807) is 6.92 Å². The molecule has 1 aromatic heterocycles. The maximum Gasteiger partial charge on any atom is 0.341 e. The van der Waals surface area contributed by atoms with Crippen LogP contribution in [0.1, 0.15) is 49.4 Å². The summed E-state index contributed by atoms with van der Waals surface area (Å²) in [5.41, 5.74) is 1.94. The van der Waals surface area contributed by atoms with Crippen molar-refractivity contribution in [3.05, 3.63) is 17.0 Å². The highest BCUT2D eigenvalue weighted by molar-refractivity contribution is 5.92. The zero-order valence-electron chi connectivity index (χ0n) is 9.97. The van der Waals surface area contributed by atoms with E-state index in [9.17, 15) is 4.79 Å². The van der Waals surface area contributed by atoms with Crippen molar-refractivity contribution in [1.29, 1.82) is 0 Å². The lowest BCUT2D eigenvalue weighted by atomic mass is 9.89. The number of carbonyl (C=O) groups is 1. The molecule has 4 nitrogen and oxygen atoms in total. The van der Waals surface area contributed by atoms with Crippen LogP contribution in [0.15, 0.2) is 0 Å². The third-order valence-corrected chi connectivity index (χ3v) is 2.14. The molecule has 0 bridgehead atoms. The molecule has 0 radical (unpaired) electrons. The molecule has 84 valence electrons. The number of nitrogens with one attached hydrogen (secondary N) is 1.